The van der Waals surface area contributed by atoms with Crippen LogP contribution in [0.5, 0.6) is 0 Å². The van der Waals surface area contributed by atoms with Crippen LogP contribution >= 0.6 is 11.8 Å². The van der Waals surface area contributed by atoms with Gasteiger partial charge in [0, 0.05) is 42.8 Å². The van der Waals surface area contributed by atoms with Crippen molar-refractivity contribution in [1.29, 1.82) is 0 Å². The maximum atomic E-state index is 3.68. The van der Waals surface area contributed by atoms with Gasteiger partial charge in [0.2, 0.25) is 5.52 Å². The average Bonchev–Trinajstić information content (AvgIpc) is 2.67. The smallest absolute Gasteiger partial charge is 0.214 e. The highest BCUT2D eigenvalue weighted by Gasteiger charge is 2.23. The Bertz CT molecular complexity index is 969. The lowest BCUT2D eigenvalue weighted by Gasteiger charge is -2.30. The summed E-state index contributed by atoms with van der Waals surface area (Å²) in [5, 5.41) is 8.37. The number of rotatable bonds is 1. The molecular formula is C20H21ClN4S. The number of aromatic nitrogens is 1. The van der Waals surface area contributed by atoms with E-state index < -0.39 is 0 Å². The summed E-state index contributed by atoms with van der Waals surface area (Å²) in [6, 6.07) is 15.4. The van der Waals surface area contributed by atoms with E-state index in [0.29, 0.717) is 0 Å². The maximum Gasteiger partial charge on any atom is 0.214 e. The van der Waals surface area contributed by atoms with Crippen LogP contribution in [0.25, 0.3) is 10.9 Å². The molecule has 0 aliphatic carbocycles. The van der Waals surface area contributed by atoms with Crippen LogP contribution in [0.2, 0.25) is 0 Å². The molecule has 0 saturated carbocycles. The van der Waals surface area contributed by atoms with Crippen LogP contribution in [0.4, 0.5) is 17.1 Å². The fourth-order valence-corrected chi connectivity index (χ4v) is 4.83. The third kappa shape index (κ3) is 2.90. The van der Waals surface area contributed by atoms with E-state index in [4.69, 9.17) is 0 Å². The molecular weight excluding hydrogens is 364 g/mol. The summed E-state index contributed by atoms with van der Waals surface area (Å²) in [4.78, 5) is 5.05. The number of fused-ring (bicyclic) bond motifs is 4. The first-order valence-corrected chi connectivity index (χ1v) is 9.57. The Morgan fingerprint density at radius 1 is 1.04 bits per heavy atom. The molecule has 4 nitrogen and oxygen atoms in total. The molecule has 26 heavy (non-hydrogen) atoms. The van der Waals surface area contributed by atoms with Crippen LogP contribution in [0.1, 0.15) is 0 Å². The van der Waals surface area contributed by atoms with Gasteiger partial charge in [0.05, 0.1) is 16.8 Å². The molecule has 6 heteroatoms. The van der Waals surface area contributed by atoms with Crippen molar-refractivity contribution in [3.8, 4) is 0 Å². The molecule has 2 aromatic carbocycles. The van der Waals surface area contributed by atoms with Gasteiger partial charge in [-0.25, -0.2) is 0 Å². The first kappa shape index (κ1) is 17.5. The molecule has 0 bridgehead atoms. The second-order valence-corrected chi connectivity index (χ2v) is 7.72. The van der Waals surface area contributed by atoms with Gasteiger partial charge in [-0.3, -0.25) is 0 Å². The summed E-state index contributed by atoms with van der Waals surface area (Å²) in [6.07, 6.45) is 2.23. The summed E-state index contributed by atoms with van der Waals surface area (Å²) in [5.41, 5.74) is 5.00. The van der Waals surface area contributed by atoms with Crippen molar-refractivity contribution in [1.82, 2.24) is 5.32 Å². The molecule has 0 unspecified atom stereocenters. The van der Waals surface area contributed by atoms with Crippen molar-refractivity contribution in [3.63, 3.8) is 0 Å². The number of para-hydroxylation sites is 1. The minimum Gasteiger partial charge on any atom is -1.00 e. The zero-order valence-corrected chi connectivity index (χ0v) is 16.2. The van der Waals surface area contributed by atoms with Crippen molar-refractivity contribution in [2.75, 3.05) is 36.4 Å². The Hall–Kier alpha value is -1.95. The van der Waals surface area contributed by atoms with E-state index in [1.54, 1.807) is 0 Å². The number of hydrogen-bond donors (Lipinski definition) is 2. The van der Waals surface area contributed by atoms with E-state index in [0.717, 1.165) is 26.2 Å². The lowest BCUT2D eigenvalue weighted by atomic mass is 10.1. The van der Waals surface area contributed by atoms with E-state index in [2.05, 4.69) is 75.8 Å². The Morgan fingerprint density at radius 2 is 1.85 bits per heavy atom. The number of halogens is 1. The van der Waals surface area contributed by atoms with Gasteiger partial charge in [0.15, 0.2) is 6.20 Å². The van der Waals surface area contributed by atoms with Crippen LogP contribution in [-0.4, -0.2) is 26.2 Å². The van der Waals surface area contributed by atoms with E-state index in [1.165, 1.54) is 37.8 Å². The molecule has 3 heterocycles. The fourth-order valence-electron chi connectivity index (χ4n) is 3.71. The van der Waals surface area contributed by atoms with Crippen molar-refractivity contribution in [2.45, 2.75) is 9.79 Å². The number of hydrogen-bond acceptors (Lipinski definition) is 4. The summed E-state index contributed by atoms with van der Waals surface area (Å²) < 4.78 is 2.22. The third-order valence-corrected chi connectivity index (χ3v) is 6.12. The molecule has 0 amide bonds. The summed E-state index contributed by atoms with van der Waals surface area (Å²) in [5.74, 6) is 0. The second kappa shape index (κ2) is 6.99. The number of pyridine rings is 1. The van der Waals surface area contributed by atoms with Gasteiger partial charge in [0.1, 0.15) is 11.9 Å². The second-order valence-electron chi connectivity index (χ2n) is 6.64. The molecule has 0 radical (unpaired) electrons. The molecule has 5 rings (SSSR count). The minimum absolute atomic E-state index is 0. The van der Waals surface area contributed by atoms with Crippen LogP contribution < -0.4 is 32.5 Å². The largest absolute Gasteiger partial charge is 1.00 e. The van der Waals surface area contributed by atoms with Gasteiger partial charge in [-0.05, 0) is 24.3 Å². The van der Waals surface area contributed by atoms with E-state index >= 15 is 0 Å². The Morgan fingerprint density at radius 3 is 2.69 bits per heavy atom. The van der Waals surface area contributed by atoms with Gasteiger partial charge >= 0.3 is 0 Å². The van der Waals surface area contributed by atoms with E-state index in [1.807, 2.05) is 11.8 Å². The average molecular weight is 385 g/mol. The zero-order valence-electron chi connectivity index (χ0n) is 14.6. The topological polar surface area (TPSA) is 31.2 Å². The lowest BCUT2D eigenvalue weighted by Crippen LogP contribution is -3.00. The summed E-state index contributed by atoms with van der Waals surface area (Å²) in [6.45, 7) is 4.28. The van der Waals surface area contributed by atoms with Crippen LogP contribution in [-0.2, 0) is 7.05 Å². The molecule has 2 aliphatic rings. The molecule has 1 saturated heterocycles. The quantitative estimate of drug-likeness (QED) is 0.462. The number of benzene rings is 2. The lowest BCUT2D eigenvalue weighted by molar-refractivity contribution is -0.646. The van der Waals surface area contributed by atoms with Gasteiger partial charge in [-0.1, -0.05) is 23.9 Å². The molecule has 0 spiro atoms. The van der Waals surface area contributed by atoms with Crippen molar-refractivity contribution in [3.05, 3.63) is 48.7 Å². The Labute approximate surface area is 164 Å². The predicted molar refractivity (Wildman–Crippen MR) is 104 cm³/mol. The minimum atomic E-state index is 0. The van der Waals surface area contributed by atoms with Gasteiger partial charge in [-0.15, -0.1) is 0 Å². The number of nitrogens with one attached hydrogen (secondary N) is 2. The van der Waals surface area contributed by atoms with E-state index in [-0.39, 0.29) is 12.4 Å². The molecule has 0 atom stereocenters. The third-order valence-electron chi connectivity index (χ3n) is 5.04. The SMILES string of the molecule is C[n+]1cc2c(c3ccccc31)Nc1ccc(N3CCNCC3)cc1S2.[Cl-]. The number of piperazine rings is 1. The van der Waals surface area contributed by atoms with Gasteiger partial charge in [0.25, 0.3) is 0 Å². The van der Waals surface area contributed by atoms with Crippen LogP contribution in [0.3, 0.4) is 0 Å². The Balaban J connectivity index is 0.00000168. The van der Waals surface area contributed by atoms with Crippen molar-refractivity contribution >= 4 is 39.7 Å². The summed E-state index contributed by atoms with van der Waals surface area (Å²) in [7, 11) is 2.12. The number of nitrogens with zero attached hydrogens (tertiary/aromatic N) is 2. The standard InChI is InChI=1S/C20H20N4S.ClH/c1-23-13-19-20(15-4-2-3-5-17(15)23)22-16-7-6-14(12-18(16)25-19)24-10-8-21-9-11-24;/h2-7,12-13,21H,8-11H2,1H3;1H. The summed E-state index contributed by atoms with van der Waals surface area (Å²) >= 11 is 1.86. The monoisotopic (exact) mass is 384 g/mol. The first-order valence-electron chi connectivity index (χ1n) is 8.75. The van der Waals surface area contributed by atoms with Gasteiger partial charge < -0.3 is 27.9 Å². The molecule has 1 aromatic heterocycles. The van der Waals surface area contributed by atoms with Crippen molar-refractivity contribution < 1.29 is 17.0 Å². The molecule has 2 aliphatic heterocycles. The van der Waals surface area contributed by atoms with Gasteiger partial charge in [-0.2, -0.15) is 4.57 Å². The highest BCUT2D eigenvalue weighted by molar-refractivity contribution is 7.99. The number of aryl methyl sites for hydroxylation is 1. The zero-order chi connectivity index (χ0) is 16.8. The molecule has 3 aromatic rings. The predicted octanol–water partition coefficient (Wildman–Crippen LogP) is 0.286. The Kier molecular flexibility index (Phi) is 4.69. The van der Waals surface area contributed by atoms with Crippen LogP contribution in [0, 0.1) is 0 Å². The number of anilines is 3. The molecule has 1 fully saturated rings. The molecule has 134 valence electrons. The maximum absolute atomic E-state index is 3.68. The molecule has 2 N–H and O–H groups in total. The normalized spacial score (nSPS) is 15.7. The fraction of sp³-hybridized carbons (Fsp3) is 0.250. The highest BCUT2D eigenvalue weighted by atomic mass is 35.5. The van der Waals surface area contributed by atoms with Crippen molar-refractivity contribution in [2.24, 2.45) is 7.05 Å². The van der Waals surface area contributed by atoms with Crippen LogP contribution in [0.15, 0.2) is 58.5 Å². The highest BCUT2D eigenvalue weighted by Crippen LogP contribution is 2.47. The first-order chi connectivity index (χ1) is 12.3. The van der Waals surface area contributed by atoms with E-state index in [9.17, 15) is 0 Å².